The van der Waals surface area contributed by atoms with Crippen molar-refractivity contribution < 1.29 is 17.9 Å². The highest BCUT2D eigenvalue weighted by Crippen LogP contribution is 2.44. The Morgan fingerprint density at radius 3 is 2.38 bits per heavy atom. The van der Waals surface area contributed by atoms with Gasteiger partial charge in [0.05, 0.1) is 12.0 Å². The van der Waals surface area contributed by atoms with Crippen molar-refractivity contribution in [3.63, 3.8) is 0 Å². The molecule has 0 saturated carbocycles. The van der Waals surface area contributed by atoms with Crippen molar-refractivity contribution in [2.75, 3.05) is 5.32 Å². The zero-order chi connectivity index (χ0) is 17.3. The smallest absolute Gasteiger partial charge is 0.491 e. The van der Waals surface area contributed by atoms with E-state index < -0.39 is 12.2 Å². The van der Waals surface area contributed by atoms with Gasteiger partial charge in [0.25, 0.3) is 0 Å². The molecule has 1 atom stereocenters. The fourth-order valence-electron chi connectivity index (χ4n) is 2.85. The van der Waals surface area contributed by atoms with Crippen molar-refractivity contribution in [2.24, 2.45) is 4.99 Å². The van der Waals surface area contributed by atoms with Gasteiger partial charge in [0, 0.05) is 11.3 Å². The van der Waals surface area contributed by atoms with Gasteiger partial charge in [-0.2, -0.15) is 4.99 Å². The van der Waals surface area contributed by atoms with Crippen molar-refractivity contribution >= 4 is 11.5 Å². The summed E-state index contributed by atoms with van der Waals surface area (Å²) in [5.74, 6) is -0.211. The Morgan fingerprint density at radius 1 is 1.04 bits per heavy atom. The molecule has 0 fully saturated rings. The van der Waals surface area contributed by atoms with E-state index in [1.165, 1.54) is 0 Å². The molecule has 0 amide bonds. The number of anilines is 1. The first-order valence-electron chi connectivity index (χ1n) is 7.63. The SMILES string of the molecule is CC(C)Oc1cccc2c1C(c1ccccc1)C(=NC(F)(F)F)N2. The highest BCUT2D eigenvalue weighted by molar-refractivity contribution is 6.09. The van der Waals surface area contributed by atoms with Crippen LogP contribution in [0.1, 0.15) is 30.9 Å². The maximum Gasteiger partial charge on any atom is 0.504 e. The van der Waals surface area contributed by atoms with Crippen LogP contribution in [0.15, 0.2) is 53.5 Å². The molecule has 0 saturated heterocycles. The summed E-state index contributed by atoms with van der Waals surface area (Å²) >= 11 is 0. The van der Waals surface area contributed by atoms with Crippen LogP contribution in [0.4, 0.5) is 18.9 Å². The maximum atomic E-state index is 12.9. The Balaban J connectivity index is 2.16. The minimum absolute atomic E-state index is 0.0865. The average Bonchev–Trinajstić information content (AvgIpc) is 2.84. The van der Waals surface area contributed by atoms with E-state index in [2.05, 4.69) is 10.3 Å². The Labute approximate surface area is 138 Å². The molecule has 6 heteroatoms. The van der Waals surface area contributed by atoms with Crippen LogP contribution in [-0.2, 0) is 0 Å². The monoisotopic (exact) mass is 334 g/mol. The number of aliphatic imine (C=N–C) groups is 1. The lowest BCUT2D eigenvalue weighted by molar-refractivity contribution is -0.119. The highest BCUT2D eigenvalue weighted by Gasteiger charge is 2.37. The summed E-state index contributed by atoms with van der Waals surface area (Å²) in [6.07, 6.45) is -4.73. The van der Waals surface area contributed by atoms with Crippen molar-refractivity contribution in [3.05, 3.63) is 59.7 Å². The van der Waals surface area contributed by atoms with Crippen molar-refractivity contribution in [1.82, 2.24) is 0 Å². The van der Waals surface area contributed by atoms with Crippen molar-refractivity contribution in [1.29, 1.82) is 0 Å². The van der Waals surface area contributed by atoms with Crippen LogP contribution < -0.4 is 10.1 Å². The molecule has 0 radical (unpaired) electrons. The van der Waals surface area contributed by atoms with Gasteiger partial charge in [-0.1, -0.05) is 36.4 Å². The van der Waals surface area contributed by atoms with E-state index in [0.29, 0.717) is 17.0 Å². The summed E-state index contributed by atoms with van der Waals surface area (Å²) in [5, 5.41) is 2.80. The topological polar surface area (TPSA) is 33.6 Å². The summed E-state index contributed by atoms with van der Waals surface area (Å²) in [7, 11) is 0. The molecule has 1 unspecified atom stereocenters. The molecule has 0 spiro atoms. The normalized spacial score (nSPS) is 18.6. The number of amidine groups is 1. The molecule has 3 rings (SSSR count). The van der Waals surface area contributed by atoms with Crippen LogP contribution in [0, 0.1) is 0 Å². The van der Waals surface area contributed by atoms with E-state index in [1.54, 1.807) is 42.5 Å². The Morgan fingerprint density at radius 2 is 1.75 bits per heavy atom. The number of halogens is 3. The van der Waals surface area contributed by atoms with Gasteiger partial charge in [0.2, 0.25) is 0 Å². The summed E-state index contributed by atoms with van der Waals surface area (Å²) in [6.45, 7) is 3.76. The molecule has 126 valence electrons. The van der Waals surface area contributed by atoms with Crippen LogP contribution >= 0.6 is 0 Å². The molecule has 2 aromatic carbocycles. The molecule has 1 N–H and O–H groups in total. The van der Waals surface area contributed by atoms with Gasteiger partial charge in [-0.15, -0.1) is 13.2 Å². The third-order valence-corrected chi connectivity index (χ3v) is 3.63. The molecule has 24 heavy (non-hydrogen) atoms. The van der Waals surface area contributed by atoms with Crippen molar-refractivity contribution in [2.45, 2.75) is 32.2 Å². The number of nitrogens with zero attached hydrogens (tertiary/aromatic N) is 1. The maximum absolute atomic E-state index is 12.9. The third kappa shape index (κ3) is 3.37. The third-order valence-electron chi connectivity index (χ3n) is 3.63. The molecule has 0 aliphatic carbocycles. The van der Waals surface area contributed by atoms with Gasteiger partial charge in [0.15, 0.2) is 0 Å². The number of nitrogens with one attached hydrogen (secondary N) is 1. The zero-order valence-electron chi connectivity index (χ0n) is 13.3. The predicted octanol–water partition coefficient (Wildman–Crippen LogP) is 4.95. The molecule has 1 aliphatic rings. The lowest BCUT2D eigenvalue weighted by Crippen LogP contribution is -2.19. The molecule has 0 aromatic heterocycles. The number of hydrogen-bond acceptors (Lipinski definition) is 2. The molecule has 3 nitrogen and oxygen atoms in total. The fraction of sp³-hybridized carbons (Fsp3) is 0.278. The van der Waals surface area contributed by atoms with Crippen LogP contribution in [0.5, 0.6) is 5.75 Å². The van der Waals surface area contributed by atoms with Gasteiger partial charge in [-0.05, 0) is 31.5 Å². The second kappa shape index (κ2) is 6.19. The fourth-order valence-corrected chi connectivity index (χ4v) is 2.85. The highest BCUT2D eigenvalue weighted by atomic mass is 19.4. The van der Waals surface area contributed by atoms with Crippen molar-refractivity contribution in [3.8, 4) is 5.75 Å². The Hall–Kier alpha value is -2.50. The number of alkyl halides is 3. The Bertz CT molecular complexity index is 755. The van der Waals surface area contributed by atoms with E-state index >= 15 is 0 Å². The minimum Gasteiger partial charge on any atom is -0.491 e. The van der Waals surface area contributed by atoms with Gasteiger partial charge in [0.1, 0.15) is 11.6 Å². The number of rotatable bonds is 3. The van der Waals surface area contributed by atoms with E-state index in [-0.39, 0.29) is 11.9 Å². The molecule has 1 aliphatic heterocycles. The number of ether oxygens (including phenoxy) is 1. The summed E-state index contributed by atoms with van der Waals surface area (Å²) < 4.78 is 44.4. The molecular formula is C18H17F3N2O. The number of benzene rings is 2. The van der Waals surface area contributed by atoms with E-state index in [9.17, 15) is 13.2 Å². The quantitative estimate of drug-likeness (QED) is 0.806. The van der Waals surface area contributed by atoms with Crippen LogP contribution in [0.3, 0.4) is 0 Å². The second-order valence-corrected chi connectivity index (χ2v) is 5.82. The average molecular weight is 334 g/mol. The van der Waals surface area contributed by atoms with E-state index in [4.69, 9.17) is 4.74 Å². The molecular weight excluding hydrogens is 317 g/mol. The first-order chi connectivity index (χ1) is 11.3. The molecule has 1 heterocycles. The second-order valence-electron chi connectivity index (χ2n) is 5.82. The predicted molar refractivity (Wildman–Crippen MR) is 87.6 cm³/mol. The summed E-state index contributed by atoms with van der Waals surface area (Å²) in [5.41, 5.74) is 2.00. The summed E-state index contributed by atoms with van der Waals surface area (Å²) in [4.78, 5) is 2.95. The van der Waals surface area contributed by atoms with Crippen LogP contribution in [0.25, 0.3) is 0 Å². The van der Waals surface area contributed by atoms with Gasteiger partial charge < -0.3 is 10.1 Å². The van der Waals surface area contributed by atoms with Gasteiger partial charge in [-0.3, -0.25) is 0 Å². The zero-order valence-corrected chi connectivity index (χ0v) is 13.3. The molecule has 0 bridgehead atoms. The minimum atomic E-state index is -4.64. The first-order valence-corrected chi connectivity index (χ1v) is 7.63. The largest absolute Gasteiger partial charge is 0.504 e. The van der Waals surface area contributed by atoms with E-state index in [1.807, 2.05) is 19.9 Å². The van der Waals surface area contributed by atoms with Gasteiger partial charge >= 0.3 is 6.30 Å². The Kier molecular flexibility index (Phi) is 4.22. The molecule has 2 aromatic rings. The van der Waals surface area contributed by atoms with Crippen LogP contribution in [0.2, 0.25) is 0 Å². The number of fused-ring (bicyclic) bond motifs is 1. The lowest BCUT2D eigenvalue weighted by atomic mass is 9.91. The summed E-state index contributed by atoms with van der Waals surface area (Å²) in [6, 6.07) is 14.3. The standard InChI is InChI=1S/C18H17F3N2O/c1-11(2)24-14-10-6-9-13-16(14)15(12-7-4-3-5-8-12)17(22-13)23-18(19,20)21/h3-11,15H,1-2H3,(H,22,23). The first kappa shape index (κ1) is 16.4. The number of hydrogen-bond donors (Lipinski definition) is 1. The van der Waals surface area contributed by atoms with Gasteiger partial charge in [-0.25, -0.2) is 0 Å². The van der Waals surface area contributed by atoms with Crippen LogP contribution in [-0.4, -0.2) is 18.2 Å². The lowest BCUT2D eigenvalue weighted by Gasteiger charge is -2.18. The van der Waals surface area contributed by atoms with E-state index in [0.717, 1.165) is 5.56 Å².